The summed E-state index contributed by atoms with van der Waals surface area (Å²) in [6, 6.07) is 13.1. The second-order valence-corrected chi connectivity index (χ2v) is 5.06. The van der Waals surface area contributed by atoms with E-state index in [1.165, 1.54) is 0 Å². The Morgan fingerprint density at radius 1 is 1.08 bits per heavy atom. The molecule has 1 aromatic carbocycles. The van der Waals surface area contributed by atoms with Crippen molar-refractivity contribution in [3.63, 3.8) is 0 Å². The van der Waals surface area contributed by atoms with Crippen molar-refractivity contribution in [2.24, 2.45) is 0 Å². The van der Waals surface area contributed by atoms with E-state index in [0.717, 1.165) is 5.56 Å². The van der Waals surface area contributed by atoms with Crippen molar-refractivity contribution in [2.45, 2.75) is 13.5 Å². The van der Waals surface area contributed by atoms with Gasteiger partial charge >= 0.3 is 6.09 Å². The van der Waals surface area contributed by atoms with Crippen LogP contribution in [0.25, 0.3) is 0 Å². The lowest BCUT2D eigenvalue weighted by molar-refractivity contribution is 0.0943. The van der Waals surface area contributed by atoms with Crippen molar-refractivity contribution in [3.05, 3.63) is 59.4 Å². The third-order valence-electron chi connectivity index (χ3n) is 3.14. The SMILES string of the molecule is Cc1ccc(OCc2ccccc2)c(C(=O)NCCNC(=O)O)n1. The van der Waals surface area contributed by atoms with Gasteiger partial charge in [-0.3, -0.25) is 4.79 Å². The van der Waals surface area contributed by atoms with Gasteiger partial charge in [0, 0.05) is 18.8 Å². The molecule has 3 N–H and O–H groups in total. The number of carbonyl (C=O) groups is 2. The molecule has 0 atom stereocenters. The molecule has 0 aliphatic rings. The van der Waals surface area contributed by atoms with Gasteiger partial charge in [0.05, 0.1) is 0 Å². The minimum Gasteiger partial charge on any atom is -0.486 e. The fraction of sp³-hybridized carbons (Fsp3) is 0.235. The van der Waals surface area contributed by atoms with E-state index >= 15 is 0 Å². The van der Waals surface area contributed by atoms with Crippen molar-refractivity contribution < 1.29 is 19.4 Å². The van der Waals surface area contributed by atoms with Crippen LogP contribution in [0.3, 0.4) is 0 Å². The average Bonchev–Trinajstić information content (AvgIpc) is 2.58. The minimum atomic E-state index is -1.13. The number of rotatable bonds is 7. The van der Waals surface area contributed by atoms with Crippen LogP contribution in [0.2, 0.25) is 0 Å². The van der Waals surface area contributed by atoms with Gasteiger partial charge in [0.2, 0.25) is 0 Å². The molecule has 0 aliphatic heterocycles. The van der Waals surface area contributed by atoms with Gasteiger partial charge in [-0.1, -0.05) is 30.3 Å². The maximum absolute atomic E-state index is 12.2. The van der Waals surface area contributed by atoms with Crippen LogP contribution in [-0.2, 0) is 6.61 Å². The van der Waals surface area contributed by atoms with Crippen molar-refractivity contribution in [2.75, 3.05) is 13.1 Å². The Morgan fingerprint density at radius 2 is 1.79 bits per heavy atom. The second kappa shape index (κ2) is 8.52. The van der Waals surface area contributed by atoms with Gasteiger partial charge in [-0.15, -0.1) is 0 Å². The highest BCUT2D eigenvalue weighted by Gasteiger charge is 2.15. The Labute approximate surface area is 139 Å². The Kier molecular flexibility index (Phi) is 6.13. The van der Waals surface area contributed by atoms with Gasteiger partial charge in [-0.25, -0.2) is 9.78 Å². The van der Waals surface area contributed by atoms with Gasteiger partial charge in [0.25, 0.3) is 5.91 Å². The summed E-state index contributed by atoms with van der Waals surface area (Å²) >= 11 is 0. The highest BCUT2D eigenvalue weighted by molar-refractivity contribution is 5.95. The van der Waals surface area contributed by atoms with Gasteiger partial charge in [0.15, 0.2) is 11.4 Å². The molecule has 2 rings (SSSR count). The molecule has 2 amide bonds. The van der Waals surface area contributed by atoms with E-state index in [0.29, 0.717) is 18.1 Å². The molecule has 0 saturated heterocycles. The lowest BCUT2D eigenvalue weighted by Crippen LogP contribution is -2.34. The van der Waals surface area contributed by atoms with Crippen LogP contribution in [0, 0.1) is 6.92 Å². The predicted octanol–water partition coefficient (Wildman–Crippen LogP) is 1.97. The van der Waals surface area contributed by atoms with E-state index < -0.39 is 12.0 Å². The first-order valence-corrected chi connectivity index (χ1v) is 7.45. The molecular weight excluding hydrogens is 310 g/mol. The molecule has 0 aliphatic carbocycles. The Balaban J connectivity index is 2.01. The number of aromatic nitrogens is 1. The summed E-state index contributed by atoms with van der Waals surface area (Å²) < 4.78 is 5.71. The smallest absolute Gasteiger partial charge is 0.404 e. The largest absolute Gasteiger partial charge is 0.486 e. The lowest BCUT2D eigenvalue weighted by atomic mass is 10.2. The number of aryl methyl sites for hydroxylation is 1. The number of amides is 2. The van der Waals surface area contributed by atoms with Crippen LogP contribution in [0.15, 0.2) is 42.5 Å². The van der Waals surface area contributed by atoms with E-state index in [-0.39, 0.29) is 18.8 Å². The molecular formula is C17H19N3O4. The molecule has 0 spiro atoms. The Bertz CT molecular complexity index is 704. The van der Waals surface area contributed by atoms with Crippen molar-refractivity contribution in [3.8, 4) is 5.75 Å². The number of hydrogen-bond acceptors (Lipinski definition) is 4. The third-order valence-corrected chi connectivity index (χ3v) is 3.14. The minimum absolute atomic E-state index is 0.118. The number of nitrogens with zero attached hydrogens (tertiary/aromatic N) is 1. The Hall–Kier alpha value is -3.09. The summed E-state index contributed by atoms with van der Waals surface area (Å²) in [4.78, 5) is 26.8. The maximum Gasteiger partial charge on any atom is 0.404 e. The van der Waals surface area contributed by atoms with E-state index in [1.54, 1.807) is 19.1 Å². The summed E-state index contributed by atoms with van der Waals surface area (Å²) in [6.07, 6.45) is -1.13. The highest BCUT2D eigenvalue weighted by atomic mass is 16.5. The first-order chi connectivity index (χ1) is 11.6. The normalized spacial score (nSPS) is 10.0. The molecule has 0 unspecified atom stereocenters. The monoisotopic (exact) mass is 329 g/mol. The van der Waals surface area contributed by atoms with Crippen LogP contribution in [-0.4, -0.2) is 35.2 Å². The first kappa shape index (κ1) is 17.3. The number of nitrogens with one attached hydrogen (secondary N) is 2. The van der Waals surface area contributed by atoms with E-state index in [2.05, 4.69) is 15.6 Å². The quantitative estimate of drug-likeness (QED) is 0.674. The van der Waals surface area contributed by atoms with E-state index in [1.807, 2.05) is 30.3 Å². The van der Waals surface area contributed by atoms with E-state index in [9.17, 15) is 9.59 Å². The summed E-state index contributed by atoms with van der Waals surface area (Å²) in [5, 5.41) is 13.3. The number of hydrogen-bond donors (Lipinski definition) is 3. The van der Waals surface area contributed by atoms with Crippen LogP contribution in [0.4, 0.5) is 4.79 Å². The zero-order valence-corrected chi connectivity index (χ0v) is 13.3. The maximum atomic E-state index is 12.2. The van der Waals surface area contributed by atoms with Gasteiger partial charge in [-0.2, -0.15) is 0 Å². The molecule has 126 valence electrons. The average molecular weight is 329 g/mol. The Morgan fingerprint density at radius 3 is 2.50 bits per heavy atom. The third kappa shape index (κ3) is 5.28. The fourth-order valence-electron chi connectivity index (χ4n) is 1.99. The van der Waals surface area contributed by atoms with Gasteiger partial charge in [0.1, 0.15) is 6.61 Å². The molecule has 1 aromatic heterocycles. The van der Waals surface area contributed by atoms with Crippen molar-refractivity contribution >= 4 is 12.0 Å². The summed E-state index contributed by atoms with van der Waals surface area (Å²) in [5.74, 6) is -0.0258. The fourth-order valence-corrected chi connectivity index (χ4v) is 1.99. The van der Waals surface area contributed by atoms with Crippen molar-refractivity contribution in [1.29, 1.82) is 0 Å². The molecule has 2 aromatic rings. The molecule has 7 nitrogen and oxygen atoms in total. The zero-order valence-electron chi connectivity index (χ0n) is 13.3. The molecule has 0 bridgehead atoms. The molecule has 1 heterocycles. The number of carboxylic acid groups (broad SMARTS) is 1. The van der Waals surface area contributed by atoms with Crippen molar-refractivity contribution in [1.82, 2.24) is 15.6 Å². The number of pyridine rings is 1. The molecule has 7 heteroatoms. The van der Waals surface area contributed by atoms with Crippen LogP contribution in [0.5, 0.6) is 5.75 Å². The van der Waals surface area contributed by atoms with Crippen LogP contribution >= 0.6 is 0 Å². The summed E-state index contributed by atoms with van der Waals surface area (Å²) in [6.45, 7) is 2.39. The van der Waals surface area contributed by atoms with Crippen LogP contribution < -0.4 is 15.4 Å². The molecule has 0 saturated carbocycles. The van der Waals surface area contributed by atoms with Crippen LogP contribution in [0.1, 0.15) is 21.7 Å². The number of ether oxygens (including phenoxy) is 1. The predicted molar refractivity (Wildman–Crippen MR) is 88.1 cm³/mol. The summed E-state index contributed by atoms with van der Waals surface area (Å²) in [7, 11) is 0. The first-order valence-electron chi connectivity index (χ1n) is 7.45. The van der Waals surface area contributed by atoms with E-state index in [4.69, 9.17) is 9.84 Å². The lowest BCUT2D eigenvalue weighted by Gasteiger charge is -2.12. The standard InChI is InChI=1S/C17H19N3O4/c1-12-7-8-14(24-11-13-5-3-2-4-6-13)15(20-12)16(21)18-9-10-19-17(22)23/h2-8,19H,9-11H2,1H3,(H,18,21)(H,22,23). The highest BCUT2D eigenvalue weighted by Crippen LogP contribution is 2.18. The number of carbonyl (C=O) groups excluding carboxylic acids is 1. The molecule has 0 fully saturated rings. The van der Waals surface area contributed by atoms with Gasteiger partial charge < -0.3 is 20.5 Å². The second-order valence-electron chi connectivity index (χ2n) is 5.06. The topological polar surface area (TPSA) is 101 Å². The number of benzene rings is 1. The summed E-state index contributed by atoms with van der Waals surface area (Å²) in [5.41, 5.74) is 1.85. The van der Waals surface area contributed by atoms with Gasteiger partial charge in [-0.05, 0) is 24.6 Å². The molecule has 0 radical (unpaired) electrons. The zero-order chi connectivity index (χ0) is 17.4. The molecule has 24 heavy (non-hydrogen) atoms.